The van der Waals surface area contributed by atoms with Crippen LogP contribution in [0.2, 0.25) is 5.02 Å². The molecule has 1 spiro atoms. The van der Waals surface area contributed by atoms with Crippen molar-refractivity contribution in [2.45, 2.75) is 36.9 Å². The third-order valence-electron chi connectivity index (χ3n) is 6.30. The minimum atomic E-state index is -0.557. The van der Waals surface area contributed by atoms with Crippen molar-refractivity contribution in [3.8, 4) is 0 Å². The first-order chi connectivity index (χ1) is 12.8. The number of hydrogen-bond acceptors (Lipinski definition) is 4. The van der Waals surface area contributed by atoms with E-state index in [1.165, 1.54) is 6.07 Å². The summed E-state index contributed by atoms with van der Waals surface area (Å²) in [6.07, 6.45) is 2.72. The van der Waals surface area contributed by atoms with Gasteiger partial charge in [0, 0.05) is 24.2 Å². The zero-order chi connectivity index (χ0) is 19.3. The monoisotopic (exact) mass is 395 g/mol. The summed E-state index contributed by atoms with van der Waals surface area (Å²) >= 11 is 5.83. The molecule has 2 bridgehead atoms. The molecule has 0 radical (unpaired) electrons. The van der Waals surface area contributed by atoms with Crippen LogP contribution in [0.3, 0.4) is 0 Å². The zero-order valence-electron chi connectivity index (χ0n) is 15.2. The van der Waals surface area contributed by atoms with E-state index in [0.717, 1.165) is 38.1 Å². The molecule has 3 heterocycles. The number of carbonyl (C=O) groups is 2. The van der Waals surface area contributed by atoms with Crippen molar-refractivity contribution in [3.63, 3.8) is 0 Å². The molecule has 0 unspecified atom stereocenters. The van der Waals surface area contributed by atoms with E-state index in [2.05, 4.69) is 16.0 Å². The fourth-order valence-electron chi connectivity index (χ4n) is 5.16. The highest BCUT2D eigenvalue weighted by Crippen LogP contribution is 2.68. The zero-order valence-corrected chi connectivity index (χ0v) is 15.9. The predicted molar refractivity (Wildman–Crippen MR) is 98.1 cm³/mol. The van der Waals surface area contributed by atoms with E-state index >= 15 is 0 Å². The van der Waals surface area contributed by atoms with Gasteiger partial charge in [0.05, 0.1) is 16.6 Å². The van der Waals surface area contributed by atoms with Crippen molar-refractivity contribution < 1.29 is 18.7 Å². The van der Waals surface area contributed by atoms with Gasteiger partial charge in [-0.3, -0.25) is 9.59 Å². The Bertz CT molecular complexity index is 768. The van der Waals surface area contributed by atoms with Crippen molar-refractivity contribution in [1.82, 2.24) is 16.0 Å². The van der Waals surface area contributed by atoms with Gasteiger partial charge in [-0.05, 0) is 57.0 Å². The Morgan fingerprint density at radius 3 is 2.59 bits per heavy atom. The molecule has 1 aromatic rings. The van der Waals surface area contributed by atoms with Gasteiger partial charge in [0.2, 0.25) is 5.91 Å². The summed E-state index contributed by atoms with van der Waals surface area (Å²) in [7, 11) is 1.65. The van der Waals surface area contributed by atoms with Gasteiger partial charge in [0.25, 0.3) is 5.91 Å². The van der Waals surface area contributed by atoms with E-state index in [4.69, 9.17) is 16.3 Å². The molecule has 146 valence electrons. The van der Waals surface area contributed by atoms with E-state index in [0.29, 0.717) is 12.8 Å². The van der Waals surface area contributed by atoms with Gasteiger partial charge in [0.15, 0.2) is 0 Å². The molecule has 2 amide bonds. The number of piperidine rings is 1. The molecule has 6 nitrogen and oxygen atoms in total. The number of nitrogens with one attached hydrogen (secondary N) is 3. The fraction of sp³-hybridized carbons (Fsp3) is 0.579. The Kier molecular flexibility index (Phi) is 4.44. The highest BCUT2D eigenvalue weighted by molar-refractivity contribution is 6.31. The van der Waals surface area contributed by atoms with Gasteiger partial charge in [-0.2, -0.15) is 0 Å². The quantitative estimate of drug-likeness (QED) is 0.724. The van der Waals surface area contributed by atoms with Crippen LogP contribution in [0.25, 0.3) is 0 Å². The maximum Gasteiger partial charge on any atom is 0.251 e. The SMILES string of the molecule is CNC(=O)C12CC(CNC(=O)c3cc(F)cc(Cl)c3)(C1)OC21CCNCC1. The van der Waals surface area contributed by atoms with Crippen LogP contribution in [0, 0.1) is 11.2 Å². The van der Waals surface area contributed by atoms with Crippen LogP contribution in [-0.2, 0) is 9.53 Å². The van der Waals surface area contributed by atoms with Crippen LogP contribution in [0.5, 0.6) is 0 Å². The minimum absolute atomic E-state index is 0.0146. The second-order valence-corrected chi connectivity index (χ2v) is 8.32. The van der Waals surface area contributed by atoms with E-state index in [1.807, 2.05) is 0 Å². The average Bonchev–Trinajstić information content (AvgIpc) is 3.03. The third kappa shape index (κ3) is 2.83. The van der Waals surface area contributed by atoms with E-state index in [1.54, 1.807) is 7.05 Å². The topological polar surface area (TPSA) is 79.5 Å². The molecule has 5 rings (SSSR count). The number of halogens is 2. The number of ether oxygens (including phenoxy) is 1. The maximum absolute atomic E-state index is 13.5. The van der Waals surface area contributed by atoms with Crippen LogP contribution >= 0.6 is 11.6 Å². The molecule has 4 fully saturated rings. The molecule has 0 aromatic heterocycles. The number of benzene rings is 1. The fourth-order valence-corrected chi connectivity index (χ4v) is 5.38. The summed E-state index contributed by atoms with van der Waals surface area (Å²) in [5.41, 5.74) is -1.39. The summed E-state index contributed by atoms with van der Waals surface area (Å²) in [5.74, 6) is -0.947. The van der Waals surface area contributed by atoms with Crippen LogP contribution in [0.15, 0.2) is 18.2 Å². The Labute approximate surface area is 162 Å². The minimum Gasteiger partial charge on any atom is -0.365 e. The molecular formula is C19H23ClFN3O3. The average molecular weight is 396 g/mol. The molecule has 0 atom stereocenters. The Balaban J connectivity index is 1.49. The third-order valence-corrected chi connectivity index (χ3v) is 6.52. The summed E-state index contributed by atoms with van der Waals surface area (Å²) in [6, 6.07) is 3.73. The van der Waals surface area contributed by atoms with Gasteiger partial charge >= 0.3 is 0 Å². The lowest BCUT2D eigenvalue weighted by molar-refractivity contribution is -0.140. The van der Waals surface area contributed by atoms with Gasteiger partial charge < -0.3 is 20.7 Å². The Morgan fingerprint density at radius 2 is 1.96 bits per heavy atom. The normalized spacial score (nSPS) is 30.6. The van der Waals surface area contributed by atoms with Gasteiger partial charge in [-0.1, -0.05) is 11.6 Å². The van der Waals surface area contributed by atoms with Crippen LogP contribution in [-0.4, -0.2) is 49.7 Å². The molecule has 3 aliphatic heterocycles. The van der Waals surface area contributed by atoms with Gasteiger partial charge in [0.1, 0.15) is 5.82 Å². The second-order valence-electron chi connectivity index (χ2n) is 7.88. The summed E-state index contributed by atoms with van der Waals surface area (Å²) < 4.78 is 20.0. The molecule has 27 heavy (non-hydrogen) atoms. The standard InChI is InChI=1S/C19H23ClFN3O3/c1-22-16(26)18-9-17(10-18,27-19(18)2-4-23-5-3-19)11-24-15(25)12-6-13(20)8-14(21)7-12/h6-8,23H,2-5,9-11H2,1H3,(H,22,26)(H,24,25). The second kappa shape index (κ2) is 6.43. The lowest BCUT2D eigenvalue weighted by Gasteiger charge is -2.47. The van der Waals surface area contributed by atoms with E-state index in [-0.39, 0.29) is 23.0 Å². The molecule has 1 saturated carbocycles. The lowest BCUT2D eigenvalue weighted by Crippen LogP contribution is -2.61. The van der Waals surface area contributed by atoms with Crippen LogP contribution in [0.1, 0.15) is 36.0 Å². The largest absolute Gasteiger partial charge is 0.365 e. The predicted octanol–water partition coefficient (Wildman–Crippen LogP) is 1.63. The lowest BCUT2D eigenvalue weighted by atomic mass is 9.53. The molecule has 1 aromatic carbocycles. The smallest absolute Gasteiger partial charge is 0.251 e. The first kappa shape index (κ1) is 18.7. The highest BCUT2D eigenvalue weighted by Gasteiger charge is 2.77. The maximum atomic E-state index is 13.5. The number of hydrogen-bond donors (Lipinski definition) is 3. The first-order valence-electron chi connectivity index (χ1n) is 9.21. The summed E-state index contributed by atoms with van der Waals surface area (Å²) in [6.45, 7) is 1.90. The molecule has 1 aliphatic carbocycles. The van der Waals surface area contributed by atoms with Crippen LogP contribution in [0.4, 0.5) is 4.39 Å². The Hall–Kier alpha value is -1.70. The van der Waals surface area contributed by atoms with Crippen molar-refractivity contribution in [2.24, 2.45) is 5.41 Å². The van der Waals surface area contributed by atoms with Crippen molar-refractivity contribution in [2.75, 3.05) is 26.7 Å². The molecular weight excluding hydrogens is 373 g/mol. The van der Waals surface area contributed by atoms with E-state index < -0.39 is 28.3 Å². The van der Waals surface area contributed by atoms with Gasteiger partial charge in [-0.25, -0.2) is 4.39 Å². The molecule has 3 N–H and O–H groups in total. The van der Waals surface area contributed by atoms with Crippen molar-refractivity contribution in [3.05, 3.63) is 34.6 Å². The van der Waals surface area contributed by atoms with Crippen LogP contribution < -0.4 is 16.0 Å². The van der Waals surface area contributed by atoms with Crippen molar-refractivity contribution >= 4 is 23.4 Å². The number of carbonyl (C=O) groups excluding carboxylic acids is 2. The summed E-state index contributed by atoms with van der Waals surface area (Å²) in [5, 5.41) is 9.11. The van der Waals surface area contributed by atoms with Gasteiger partial charge in [-0.15, -0.1) is 0 Å². The van der Waals surface area contributed by atoms with E-state index in [9.17, 15) is 14.0 Å². The molecule has 8 heteroatoms. The highest BCUT2D eigenvalue weighted by atomic mass is 35.5. The Morgan fingerprint density at radius 1 is 1.26 bits per heavy atom. The molecule has 4 aliphatic rings. The van der Waals surface area contributed by atoms with Crippen molar-refractivity contribution in [1.29, 1.82) is 0 Å². The summed E-state index contributed by atoms with van der Waals surface area (Å²) in [4.78, 5) is 25.1. The molecule has 3 saturated heterocycles. The number of amides is 2. The first-order valence-corrected chi connectivity index (χ1v) is 9.59. The number of rotatable bonds is 4.